The molecule has 6 nitrogen and oxygen atoms in total. The standard InChI is InChI=1S/C25H36N2O4/c1-5-29-22-13-12-21-24(23(22)18-6-7-18)27(4)25(26-21)31-20-10-8-19(9-11-20)30-15-16(2)14-17(3)28/h12-13,16,18-20H,5-11,14-15H2,1-4H3/t16-,19?,20?/m1/s1. The van der Waals surface area contributed by atoms with Crippen LogP contribution in [0.1, 0.15) is 77.2 Å². The molecule has 2 aromatic rings. The molecule has 0 amide bonds. The molecule has 1 aromatic heterocycles. The number of Topliss-reactive ketones (excluding diaryl/α,β-unsaturated/α-hetero) is 1. The van der Waals surface area contributed by atoms with Gasteiger partial charge in [-0.2, -0.15) is 4.98 Å². The highest BCUT2D eigenvalue weighted by atomic mass is 16.5. The number of rotatable bonds is 10. The molecule has 0 saturated heterocycles. The first-order valence-electron chi connectivity index (χ1n) is 11.9. The molecule has 1 heterocycles. The van der Waals surface area contributed by atoms with Gasteiger partial charge in [-0.05, 0) is 76.3 Å². The molecule has 0 unspecified atom stereocenters. The van der Waals surface area contributed by atoms with E-state index in [4.69, 9.17) is 19.2 Å². The maximum Gasteiger partial charge on any atom is 0.297 e. The Balaban J connectivity index is 1.38. The summed E-state index contributed by atoms with van der Waals surface area (Å²) < 4.78 is 20.4. The van der Waals surface area contributed by atoms with E-state index in [2.05, 4.69) is 24.6 Å². The quantitative estimate of drug-likeness (QED) is 0.522. The summed E-state index contributed by atoms with van der Waals surface area (Å²) in [6.07, 6.45) is 7.38. The van der Waals surface area contributed by atoms with Gasteiger partial charge in [0.1, 0.15) is 17.6 Å². The Kier molecular flexibility index (Phi) is 6.85. The number of ketones is 1. The van der Waals surface area contributed by atoms with Gasteiger partial charge in [0.25, 0.3) is 6.01 Å². The minimum absolute atomic E-state index is 0.167. The molecule has 0 N–H and O–H groups in total. The highest BCUT2D eigenvalue weighted by molar-refractivity contribution is 5.84. The summed E-state index contributed by atoms with van der Waals surface area (Å²) in [7, 11) is 2.05. The summed E-state index contributed by atoms with van der Waals surface area (Å²) in [5.41, 5.74) is 3.43. The number of aromatic nitrogens is 2. The third-order valence-corrected chi connectivity index (χ3v) is 6.43. The van der Waals surface area contributed by atoms with Crippen LogP contribution in [0.25, 0.3) is 11.0 Å². The highest BCUT2D eigenvalue weighted by Gasteiger charge is 2.32. The number of carbonyl (C=O) groups excluding carboxylic acids is 1. The van der Waals surface area contributed by atoms with E-state index in [1.165, 1.54) is 18.4 Å². The van der Waals surface area contributed by atoms with Crippen molar-refractivity contribution in [1.29, 1.82) is 0 Å². The average Bonchev–Trinajstić information content (AvgIpc) is 3.53. The zero-order valence-corrected chi connectivity index (χ0v) is 19.4. The van der Waals surface area contributed by atoms with Crippen molar-refractivity contribution in [3.05, 3.63) is 17.7 Å². The van der Waals surface area contributed by atoms with E-state index in [9.17, 15) is 4.79 Å². The van der Waals surface area contributed by atoms with E-state index < -0.39 is 0 Å². The smallest absolute Gasteiger partial charge is 0.297 e. The summed E-state index contributed by atoms with van der Waals surface area (Å²) >= 11 is 0. The number of ether oxygens (including phenoxy) is 3. The van der Waals surface area contributed by atoms with E-state index in [0.29, 0.717) is 31.6 Å². The van der Waals surface area contributed by atoms with Crippen LogP contribution in [-0.4, -0.2) is 40.8 Å². The summed E-state index contributed by atoms with van der Waals surface area (Å²) in [5.74, 6) is 2.08. The van der Waals surface area contributed by atoms with Gasteiger partial charge in [0.05, 0.1) is 23.7 Å². The highest BCUT2D eigenvalue weighted by Crippen LogP contribution is 2.48. The minimum atomic E-state index is 0.167. The Labute approximate surface area is 185 Å². The first-order chi connectivity index (χ1) is 15.0. The Hall–Kier alpha value is -2.08. The van der Waals surface area contributed by atoms with Crippen LogP contribution in [0.3, 0.4) is 0 Å². The number of nitrogens with zero attached hydrogens (tertiary/aromatic N) is 2. The molecule has 2 aliphatic carbocycles. The van der Waals surface area contributed by atoms with Gasteiger partial charge in [0.2, 0.25) is 0 Å². The Morgan fingerprint density at radius 3 is 2.52 bits per heavy atom. The number of hydrogen-bond donors (Lipinski definition) is 0. The Morgan fingerprint density at radius 2 is 1.87 bits per heavy atom. The zero-order valence-electron chi connectivity index (χ0n) is 19.4. The number of benzene rings is 1. The van der Waals surface area contributed by atoms with E-state index >= 15 is 0 Å². The van der Waals surface area contributed by atoms with E-state index in [0.717, 1.165) is 42.5 Å². The molecule has 0 radical (unpaired) electrons. The van der Waals surface area contributed by atoms with Crippen LogP contribution >= 0.6 is 0 Å². The van der Waals surface area contributed by atoms with Crippen molar-refractivity contribution < 1.29 is 19.0 Å². The van der Waals surface area contributed by atoms with Gasteiger partial charge in [-0.3, -0.25) is 4.57 Å². The van der Waals surface area contributed by atoms with Gasteiger partial charge in [-0.25, -0.2) is 0 Å². The lowest BCUT2D eigenvalue weighted by Crippen LogP contribution is -2.30. The number of fused-ring (bicyclic) bond motifs is 1. The third kappa shape index (κ3) is 5.22. The van der Waals surface area contributed by atoms with E-state index in [1.54, 1.807) is 6.92 Å². The second-order valence-corrected chi connectivity index (χ2v) is 9.37. The normalized spacial score (nSPS) is 22.5. The lowest BCUT2D eigenvalue weighted by atomic mass is 9.95. The lowest BCUT2D eigenvalue weighted by Gasteiger charge is -2.29. The van der Waals surface area contributed by atoms with E-state index in [-0.39, 0.29) is 23.9 Å². The number of carbonyl (C=O) groups is 1. The third-order valence-electron chi connectivity index (χ3n) is 6.43. The molecule has 2 fully saturated rings. The van der Waals surface area contributed by atoms with Crippen molar-refractivity contribution >= 4 is 16.8 Å². The van der Waals surface area contributed by atoms with Crippen molar-refractivity contribution in [2.75, 3.05) is 13.2 Å². The van der Waals surface area contributed by atoms with Crippen molar-refractivity contribution in [2.45, 2.75) is 83.8 Å². The SMILES string of the molecule is CCOc1ccc2nc(OC3CCC(OC[C@H](C)CC(C)=O)CC3)n(C)c2c1C1CC1. The van der Waals surface area contributed by atoms with Crippen LogP contribution in [0.4, 0.5) is 0 Å². The van der Waals surface area contributed by atoms with Crippen LogP contribution in [0.15, 0.2) is 12.1 Å². The Morgan fingerprint density at radius 1 is 1.16 bits per heavy atom. The van der Waals surface area contributed by atoms with Gasteiger partial charge < -0.3 is 19.0 Å². The molecule has 4 rings (SSSR count). The molecule has 1 atom stereocenters. The molecule has 0 bridgehead atoms. The fourth-order valence-electron chi connectivity index (χ4n) is 4.76. The van der Waals surface area contributed by atoms with Crippen LogP contribution in [-0.2, 0) is 16.6 Å². The molecule has 1 aromatic carbocycles. The first kappa shape index (κ1) is 22.1. The molecule has 0 aliphatic heterocycles. The van der Waals surface area contributed by atoms with Crippen LogP contribution < -0.4 is 9.47 Å². The first-order valence-corrected chi connectivity index (χ1v) is 11.9. The van der Waals surface area contributed by atoms with Gasteiger partial charge in [0.15, 0.2) is 0 Å². The number of aryl methyl sites for hydroxylation is 1. The Bertz CT molecular complexity index is 910. The predicted molar refractivity (Wildman–Crippen MR) is 121 cm³/mol. The molecule has 2 aliphatic rings. The molecule has 0 spiro atoms. The predicted octanol–water partition coefficient (Wildman–Crippen LogP) is 5.17. The summed E-state index contributed by atoms with van der Waals surface area (Å²) in [5, 5.41) is 0. The monoisotopic (exact) mass is 428 g/mol. The maximum absolute atomic E-state index is 11.2. The van der Waals surface area contributed by atoms with Gasteiger partial charge in [-0.15, -0.1) is 0 Å². The fraction of sp³-hybridized carbons (Fsp3) is 0.680. The lowest BCUT2D eigenvalue weighted by molar-refractivity contribution is -0.118. The van der Waals surface area contributed by atoms with Gasteiger partial charge >= 0.3 is 0 Å². The molecule has 31 heavy (non-hydrogen) atoms. The van der Waals surface area contributed by atoms with Crippen molar-refractivity contribution in [1.82, 2.24) is 9.55 Å². The maximum atomic E-state index is 11.2. The summed E-state index contributed by atoms with van der Waals surface area (Å²) in [6, 6.07) is 4.81. The van der Waals surface area contributed by atoms with Crippen molar-refractivity contribution in [3.63, 3.8) is 0 Å². The summed E-state index contributed by atoms with van der Waals surface area (Å²) in [4.78, 5) is 16.0. The number of hydrogen-bond acceptors (Lipinski definition) is 5. The topological polar surface area (TPSA) is 62.6 Å². The second-order valence-electron chi connectivity index (χ2n) is 9.37. The van der Waals surface area contributed by atoms with Crippen LogP contribution in [0.2, 0.25) is 0 Å². The fourth-order valence-corrected chi connectivity index (χ4v) is 4.76. The number of imidazole rings is 1. The molecule has 2 saturated carbocycles. The molecule has 170 valence electrons. The van der Waals surface area contributed by atoms with Crippen LogP contribution in [0.5, 0.6) is 11.8 Å². The average molecular weight is 429 g/mol. The van der Waals surface area contributed by atoms with Crippen molar-refractivity contribution in [3.8, 4) is 11.8 Å². The zero-order chi connectivity index (χ0) is 22.0. The molecule has 6 heteroatoms. The van der Waals surface area contributed by atoms with Crippen molar-refractivity contribution in [2.24, 2.45) is 13.0 Å². The van der Waals surface area contributed by atoms with Gasteiger partial charge in [-0.1, -0.05) is 6.92 Å². The van der Waals surface area contributed by atoms with Crippen LogP contribution in [0, 0.1) is 5.92 Å². The largest absolute Gasteiger partial charge is 0.494 e. The van der Waals surface area contributed by atoms with Gasteiger partial charge in [0, 0.05) is 25.6 Å². The molecular weight excluding hydrogens is 392 g/mol. The summed E-state index contributed by atoms with van der Waals surface area (Å²) in [6.45, 7) is 7.08. The minimum Gasteiger partial charge on any atom is -0.494 e. The molecular formula is C25H36N2O4. The second kappa shape index (κ2) is 9.60. The van der Waals surface area contributed by atoms with E-state index in [1.807, 2.05) is 13.0 Å².